The smallest absolute Gasteiger partial charge is 0.339 e. The number of piperazine rings is 1. The third-order valence-electron chi connectivity index (χ3n) is 7.31. The fourth-order valence-electron chi connectivity index (χ4n) is 5.20. The van der Waals surface area contributed by atoms with Gasteiger partial charge in [-0.1, -0.05) is 24.3 Å². The number of aromatic nitrogens is 2. The molecule has 3 heterocycles. The van der Waals surface area contributed by atoms with Gasteiger partial charge in [-0.2, -0.15) is 0 Å². The number of carbonyl (C=O) groups excluding carboxylic acids is 3. The summed E-state index contributed by atoms with van der Waals surface area (Å²) in [6.07, 6.45) is 1.28. The average molecular weight is 554 g/mol. The van der Waals surface area contributed by atoms with Crippen molar-refractivity contribution in [2.45, 2.75) is 40.7 Å². The molecule has 9 heteroatoms. The van der Waals surface area contributed by atoms with Gasteiger partial charge < -0.3 is 24.8 Å². The van der Waals surface area contributed by atoms with Crippen LogP contribution in [0.25, 0.3) is 33.4 Å². The van der Waals surface area contributed by atoms with Crippen LogP contribution < -0.4 is 10.2 Å². The number of aryl methyl sites for hydroxylation is 1. The zero-order chi connectivity index (χ0) is 29.3. The first-order chi connectivity index (χ1) is 19.6. The number of esters is 1. The van der Waals surface area contributed by atoms with Crippen molar-refractivity contribution in [2.24, 2.45) is 0 Å². The van der Waals surface area contributed by atoms with Gasteiger partial charge in [0, 0.05) is 68.5 Å². The monoisotopic (exact) mass is 553 g/mol. The van der Waals surface area contributed by atoms with Gasteiger partial charge in [0.15, 0.2) is 0 Å². The molecular weight excluding hydrogens is 518 g/mol. The fourth-order valence-corrected chi connectivity index (χ4v) is 5.20. The van der Waals surface area contributed by atoms with Gasteiger partial charge in [0.1, 0.15) is 5.65 Å². The Kier molecular flexibility index (Phi) is 7.79. The molecule has 1 aliphatic rings. The lowest BCUT2D eigenvalue weighted by Crippen LogP contribution is -2.48. The summed E-state index contributed by atoms with van der Waals surface area (Å²) in [4.78, 5) is 48.5. The lowest BCUT2D eigenvalue weighted by atomic mass is 9.96. The van der Waals surface area contributed by atoms with Crippen LogP contribution in [0.3, 0.4) is 0 Å². The van der Waals surface area contributed by atoms with E-state index < -0.39 is 5.97 Å². The predicted octanol–water partition coefficient (Wildman–Crippen LogP) is 5.40. The van der Waals surface area contributed by atoms with Crippen LogP contribution >= 0.6 is 0 Å². The Bertz CT molecular complexity index is 1620. The molecule has 9 nitrogen and oxygen atoms in total. The maximum Gasteiger partial charge on any atom is 0.339 e. The average Bonchev–Trinajstić information content (AvgIpc) is 3.32. The summed E-state index contributed by atoms with van der Waals surface area (Å²) in [5, 5.41) is 3.70. The largest absolute Gasteiger partial charge is 0.459 e. The van der Waals surface area contributed by atoms with Gasteiger partial charge in [0.2, 0.25) is 11.8 Å². The summed E-state index contributed by atoms with van der Waals surface area (Å²) in [6.45, 7) is 11.7. The number of pyridine rings is 1. The summed E-state index contributed by atoms with van der Waals surface area (Å²) >= 11 is 0. The van der Waals surface area contributed by atoms with E-state index in [1.807, 2.05) is 49.9 Å². The van der Waals surface area contributed by atoms with Crippen LogP contribution in [0.1, 0.15) is 43.6 Å². The van der Waals surface area contributed by atoms with Crippen molar-refractivity contribution in [1.82, 2.24) is 14.9 Å². The van der Waals surface area contributed by atoms with E-state index in [0.717, 1.165) is 57.8 Å². The van der Waals surface area contributed by atoms with Gasteiger partial charge in [-0.3, -0.25) is 9.59 Å². The van der Waals surface area contributed by atoms with E-state index in [1.54, 1.807) is 6.92 Å². The molecule has 2 aromatic heterocycles. The lowest BCUT2D eigenvalue weighted by molar-refractivity contribution is -0.129. The first kappa shape index (κ1) is 27.9. The Hall–Kier alpha value is -4.66. The van der Waals surface area contributed by atoms with Crippen molar-refractivity contribution in [3.8, 4) is 22.4 Å². The van der Waals surface area contributed by atoms with Crippen molar-refractivity contribution < 1.29 is 19.1 Å². The number of H-pyrrole nitrogens is 1. The summed E-state index contributed by atoms with van der Waals surface area (Å²) in [5.41, 5.74) is 7.33. The second kappa shape index (κ2) is 11.4. The summed E-state index contributed by atoms with van der Waals surface area (Å²) in [7, 11) is 0. The van der Waals surface area contributed by atoms with E-state index in [0.29, 0.717) is 24.3 Å². The highest BCUT2D eigenvalue weighted by Gasteiger charge is 2.22. The number of amides is 2. The van der Waals surface area contributed by atoms with Crippen molar-refractivity contribution in [1.29, 1.82) is 0 Å². The Balaban J connectivity index is 1.58. The Labute approximate surface area is 239 Å². The minimum Gasteiger partial charge on any atom is -0.459 e. The molecule has 41 heavy (non-hydrogen) atoms. The number of nitrogens with one attached hydrogen (secondary N) is 2. The van der Waals surface area contributed by atoms with Crippen molar-refractivity contribution in [3.63, 3.8) is 0 Å². The fraction of sp³-hybridized carbons (Fsp3) is 0.312. The third-order valence-corrected chi connectivity index (χ3v) is 7.31. The van der Waals surface area contributed by atoms with E-state index >= 15 is 0 Å². The molecule has 212 valence electrons. The molecule has 0 atom stereocenters. The Morgan fingerprint density at radius 2 is 1.63 bits per heavy atom. The van der Waals surface area contributed by atoms with Gasteiger partial charge in [-0.05, 0) is 61.7 Å². The molecule has 0 radical (unpaired) electrons. The number of hydrogen-bond donors (Lipinski definition) is 2. The van der Waals surface area contributed by atoms with Crippen LogP contribution in [0.2, 0.25) is 0 Å². The van der Waals surface area contributed by atoms with E-state index in [4.69, 9.17) is 4.74 Å². The quantitative estimate of drug-likeness (QED) is 0.310. The number of carbonyl (C=O) groups is 3. The van der Waals surface area contributed by atoms with Crippen LogP contribution in [-0.2, 0) is 14.3 Å². The first-order valence-corrected chi connectivity index (χ1v) is 13.8. The minimum absolute atomic E-state index is 0.110. The molecule has 0 bridgehead atoms. The van der Waals surface area contributed by atoms with Gasteiger partial charge in [-0.25, -0.2) is 9.78 Å². The predicted molar refractivity (Wildman–Crippen MR) is 161 cm³/mol. The van der Waals surface area contributed by atoms with Crippen LogP contribution in [0, 0.1) is 6.92 Å². The van der Waals surface area contributed by atoms with Crippen LogP contribution in [-0.4, -0.2) is 64.9 Å². The molecule has 1 saturated heterocycles. The van der Waals surface area contributed by atoms with Gasteiger partial charge >= 0.3 is 5.97 Å². The highest BCUT2D eigenvalue weighted by atomic mass is 16.5. The standard InChI is InChI=1S/C32H35N5O4/c1-19(2)41-32(40)25-16-27-29(24-7-6-20(3)28(17-24)34-21(4)38)30(35-31(27)33-18-25)23-8-10-26(11-9-23)37-14-12-36(13-15-37)22(5)39/h6-11,16-19H,12-15H2,1-5H3,(H,33,35)(H,34,38). The number of nitrogens with zero attached hydrogens (tertiary/aromatic N) is 3. The van der Waals surface area contributed by atoms with Crippen molar-refractivity contribution >= 4 is 40.2 Å². The third kappa shape index (κ3) is 5.94. The normalized spacial score (nSPS) is 13.5. The second-order valence-electron chi connectivity index (χ2n) is 10.7. The number of hydrogen-bond acceptors (Lipinski definition) is 6. The van der Waals surface area contributed by atoms with Crippen molar-refractivity contribution in [3.05, 3.63) is 65.9 Å². The van der Waals surface area contributed by atoms with Gasteiger partial charge in [0.25, 0.3) is 0 Å². The molecule has 1 aliphatic heterocycles. The van der Waals surface area contributed by atoms with E-state index in [9.17, 15) is 14.4 Å². The zero-order valence-corrected chi connectivity index (χ0v) is 24.1. The molecular formula is C32H35N5O4. The molecule has 0 unspecified atom stereocenters. The molecule has 1 fully saturated rings. The molecule has 0 spiro atoms. The number of fused-ring (bicyclic) bond motifs is 1. The van der Waals surface area contributed by atoms with E-state index in [-0.39, 0.29) is 17.9 Å². The molecule has 0 aliphatic carbocycles. The van der Waals surface area contributed by atoms with E-state index in [1.165, 1.54) is 13.1 Å². The minimum atomic E-state index is -0.430. The molecule has 2 N–H and O–H groups in total. The SMILES string of the molecule is CC(=O)Nc1cc(-c2c(-c3ccc(N4CCN(C(C)=O)CC4)cc3)[nH]c3ncc(C(=O)OC(C)C)cc23)ccc1C. The van der Waals surface area contributed by atoms with Crippen LogP contribution in [0.4, 0.5) is 11.4 Å². The molecule has 2 amide bonds. The maximum atomic E-state index is 12.7. The van der Waals surface area contributed by atoms with Crippen molar-refractivity contribution in [2.75, 3.05) is 36.4 Å². The number of rotatable bonds is 6. The van der Waals surface area contributed by atoms with Gasteiger partial charge in [-0.15, -0.1) is 0 Å². The summed E-state index contributed by atoms with van der Waals surface area (Å²) < 4.78 is 5.43. The van der Waals surface area contributed by atoms with Crippen LogP contribution in [0.5, 0.6) is 0 Å². The maximum absolute atomic E-state index is 12.7. The molecule has 2 aromatic carbocycles. The number of ether oxygens (including phenoxy) is 1. The highest BCUT2D eigenvalue weighted by Crippen LogP contribution is 2.40. The Morgan fingerprint density at radius 1 is 0.951 bits per heavy atom. The van der Waals surface area contributed by atoms with E-state index in [2.05, 4.69) is 44.5 Å². The lowest BCUT2D eigenvalue weighted by Gasteiger charge is -2.35. The topological polar surface area (TPSA) is 108 Å². The Morgan fingerprint density at radius 3 is 2.27 bits per heavy atom. The molecule has 0 saturated carbocycles. The number of aromatic amines is 1. The van der Waals surface area contributed by atoms with Crippen LogP contribution in [0.15, 0.2) is 54.7 Å². The number of benzene rings is 2. The summed E-state index contributed by atoms with van der Waals surface area (Å²) in [5.74, 6) is -0.469. The molecule has 4 aromatic rings. The molecule has 5 rings (SSSR count). The summed E-state index contributed by atoms with van der Waals surface area (Å²) in [6, 6.07) is 16.0. The van der Waals surface area contributed by atoms with Gasteiger partial charge in [0.05, 0.1) is 17.4 Å². The zero-order valence-electron chi connectivity index (χ0n) is 24.1. The first-order valence-electron chi connectivity index (χ1n) is 13.8. The second-order valence-corrected chi connectivity index (χ2v) is 10.7. The number of anilines is 2. The highest BCUT2D eigenvalue weighted by molar-refractivity contribution is 6.05.